The molecule has 19 heavy (non-hydrogen) atoms. The predicted molar refractivity (Wildman–Crippen MR) is 77.5 cm³/mol. The van der Waals surface area contributed by atoms with Gasteiger partial charge in [-0.3, -0.25) is 0 Å². The molecular weight excluding hydrogens is 262 g/mol. The average molecular weight is 284 g/mol. The third-order valence-corrected chi connectivity index (χ3v) is 4.66. The van der Waals surface area contributed by atoms with Gasteiger partial charge >= 0.3 is 0 Å². The molecule has 2 atom stereocenters. The molecule has 5 heteroatoms. The first-order chi connectivity index (χ1) is 9.13. The minimum Gasteiger partial charge on any atom is -0.396 e. The number of rotatable bonds is 4. The molecule has 1 aromatic heterocycles. The summed E-state index contributed by atoms with van der Waals surface area (Å²) in [5.41, 5.74) is 2.03. The normalized spacial score (nSPS) is 23.4. The number of nitrogens with zero attached hydrogens (tertiary/aromatic N) is 2. The van der Waals surface area contributed by atoms with E-state index in [2.05, 4.69) is 15.5 Å². The standard InChI is InChI=1S/C14H22ClN3O/c1-9-10(2)14(18-17-13(9)15)16-7-11-5-3-4-6-12(11)8-19/h11-12,19H,3-8H2,1-2H3,(H,16,18). The molecule has 1 saturated carbocycles. The van der Waals surface area contributed by atoms with Crippen molar-refractivity contribution in [3.8, 4) is 0 Å². The molecule has 2 N–H and O–H groups in total. The van der Waals surface area contributed by atoms with Gasteiger partial charge in [0, 0.05) is 13.2 Å². The van der Waals surface area contributed by atoms with Gasteiger partial charge in [-0.25, -0.2) is 0 Å². The van der Waals surface area contributed by atoms with E-state index in [1.165, 1.54) is 19.3 Å². The van der Waals surface area contributed by atoms with Crippen molar-refractivity contribution in [2.45, 2.75) is 39.5 Å². The largest absolute Gasteiger partial charge is 0.396 e. The molecule has 4 nitrogen and oxygen atoms in total. The molecule has 0 aromatic carbocycles. The Morgan fingerprint density at radius 1 is 1.16 bits per heavy atom. The van der Waals surface area contributed by atoms with E-state index < -0.39 is 0 Å². The van der Waals surface area contributed by atoms with Crippen LogP contribution in [0.2, 0.25) is 5.15 Å². The Morgan fingerprint density at radius 3 is 2.53 bits per heavy atom. The lowest BCUT2D eigenvalue weighted by Crippen LogP contribution is -2.29. The number of halogens is 1. The van der Waals surface area contributed by atoms with Crippen LogP contribution in [0.3, 0.4) is 0 Å². The summed E-state index contributed by atoms with van der Waals surface area (Å²) in [7, 11) is 0. The SMILES string of the molecule is Cc1c(Cl)nnc(NCC2CCCCC2CO)c1C. The Balaban J connectivity index is 2.00. The van der Waals surface area contributed by atoms with Crippen LogP contribution in [-0.4, -0.2) is 28.5 Å². The Hall–Kier alpha value is -0.870. The van der Waals surface area contributed by atoms with Gasteiger partial charge in [0.15, 0.2) is 11.0 Å². The summed E-state index contributed by atoms with van der Waals surface area (Å²) in [4.78, 5) is 0. The lowest BCUT2D eigenvalue weighted by atomic mass is 9.79. The van der Waals surface area contributed by atoms with Gasteiger partial charge in [-0.1, -0.05) is 24.4 Å². The van der Waals surface area contributed by atoms with Crippen molar-refractivity contribution in [3.63, 3.8) is 0 Å². The number of hydrogen-bond donors (Lipinski definition) is 2. The smallest absolute Gasteiger partial charge is 0.155 e. The highest BCUT2D eigenvalue weighted by atomic mass is 35.5. The van der Waals surface area contributed by atoms with Crippen LogP contribution in [-0.2, 0) is 0 Å². The van der Waals surface area contributed by atoms with Gasteiger partial charge in [-0.2, -0.15) is 0 Å². The zero-order valence-electron chi connectivity index (χ0n) is 11.6. The second-order valence-corrected chi connectivity index (χ2v) is 5.82. The molecule has 1 aromatic rings. The Kier molecular flexibility index (Phi) is 4.99. The summed E-state index contributed by atoms with van der Waals surface area (Å²) in [5.74, 6) is 1.75. The van der Waals surface area contributed by atoms with Gasteiger partial charge in [-0.05, 0) is 49.7 Å². The minimum absolute atomic E-state index is 0.288. The van der Waals surface area contributed by atoms with Gasteiger partial charge in [0.1, 0.15) is 0 Å². The molecule has 0 radical (unpaired) electrons. The lowest BCUT2D eigenvalue weighted by Gasteiger charge is -2.30. The minimum atomic E-state index is 0.288. The molecule has 0 saturated heterocycles. The fourth-order valence-electron chi connectivity index (χ4n) is 2.77. The highest BCUT2D eigenvalue weighted by Crippen LogP contribution is 2.30. The first-order valence-electron chi connectivity index (χ1n) is 6.97. The number of aliphatic hydroxyl groups is 1. The second kappa shape index (κ2) is 6.53. The molecule has 2 unspecified atom stereocenters. The van der Waals surface area contributed by atoms with E-state index in [1.54, 1.807) is 0 Å². The zero-order valence-corrected chi connectivity index (χ0v) is 12.4. The van der Waals surface area contributed by atoms with E-state index in [9.17, 15) is 5.11 Å². The number of nitrogens with one attached hydrogen (secondary N) is 1. The van der Waals surface area contributed by atoms with Crippen LogP contribution in [0, 0.1) is 25.7 Å². The topological polar surface area (TPSA) is 58.0 Å². The third-order valence-electron chi connectivity index (χ3n) is 4.30. The first kappa shape index (κ1) is 14.5. The predicted octanol–water partition coefficient (Wildman–Crippen LogP) is 2.96. The van der Waals surface area contributed by atoms with Crippen LogP contribution in [0.4, 0.5) is 5.82 Å². The number of aliphatic hydroxyl groups excluding tert-OH is 1. The van der Waals surface area contributed by atoms with E-state index in [0.29, 0.717) is 17.0 Å². The summed E-state index contributed by atoms with van der Waals surface area (Å²) in [5, 5.41) is 21.3. The fraction of sp³-hybridized carbons (Fsp3) is 0.714. The lowest BCUT2D eigenvalue weighted by molar-refractivity contribution is 0.141. The summed E-state index contributed by atoms with van der Waals surface area (Å²) in [6, 6.07) is 0. The molecule has 1 fully saturated rings. The molecular formula is C14H22ClN3O. The van der Waals surface area contributed by atoms with Crippen LogP contribution in [0.25, 0.3) is 0 Å². The molecule has 0 spiro atoms. The van der Waals surface area contributed by atoms with Crippen LogP contribution in [0.1, 0.15) is 36.8 Å². The second-order valence-electron chi connectivity index (χ2n) is 5.46. The van der Waals surface area contributed by atoms with Gasteiger partial charge < -0.3 is 10.4 Å². The Labute approximate surface area is 119 Å². The van der Waals surface area contributed by atoms with Crippen molar-refractivity contribution in [2.75, 3.05) is 18.5 Å². The average Bonchev–Trinajstić information content (AvgIpc) is 2.44. The molecule has 0 amide bonds. The van der Waals surface area contributed by atoms with E-state index in [4.69, 9.17) is 11.6 Å². The molecule has 1 heterocycles. The van der Waals surface area contributed by atoms with Gasteiger partial charge in [0.05, 0.1) is 0 Å². The van der Waals surface area contributed by atoms with Crippen molar-refractivity contribution in [3.05, 3.63) is 16.3 Å². The van der Waals surface area contributed by atoms with E-state index in [0.717, 1.165) is 29.9 Å². The summed E-state index contributed by atoms with van der Waals surface area (Å²) in [6.07, 6.45) is 4.80. The first-order valence-corrected chi connectivity index (χ1v) is 7.35. The maximum atomic E-state index is 9.42. The molecule has 1 aliphatic rings. The highest BCUT2D eigenvalue weighted by Gasteiger charge is 2.24. The van der Waals surface area contributed by atoms with Gasteiger partial charge in [0.25, 0.3) is 0 Å². The van der Waals surface area contributed by atoms with Gasteiger partial charge in [0.2, 0.25) is 0 Å². The zero-order chi connectivity index (χ0) is 13.8. The summed E-state index contributed by atoms with van der Waals surface area (Å²) >= 11 is 5.95. The maximum Gasteiger partial charge on any atom is 0.155 e. The molecule has 2 rings (SSSR count). The monoisotopic (exact) mass is 283 g/mol. The Morgan fingerprint density at radius 2 is 1.84 bits per heavy atom. The van der Waals surface area contributed by atoms with Crippen LogP contribution in [0.15, 0.2) is 0 Å². The van der Waals surface area contributed by atoms with E-state index >= 15 is 0 Å². The maximum absolute atomic E-state index is 9.42. The molecule has 106 valence electrons. The van der Waals surface area contributed by atoms with Crippen LogP contribution in [0.5, 0.6) is 0 Å². The van der Waals surface area contributed by atoms with E-state index in [-0.39, 0.29) is 6.61 Å². The molecule has 0 bridgehead atoms. The van der Waals surface area contributed by atoms with E-state index in [1.807, 2.05) is 13.8 Å². The quantitative estimate of drug-likeness (QED) is 0.892. The third kappa shape index (κ3) is 3.37. The molecule has 1 aliphatic carbocycles. The number of aromatic nitrogens is 2. The van der Waals surface area contributed by atoms with Crippen molar-refractivity contribution in [2.24, 2.45) is 11.8 Å². The van der Waals surface area contributed by atoms with Crippen LogP contribution < -0.4 is 5.32 Å². The number of anilines is 1. The van der Waals surface area contributed by atoms with Crippen LogP contribution >= 0.6 is 11.6 Å². The highest BCUT2D eigenvalue weighted by molar-refractivity contribution is 6.30. The molecule has 0 aliphatic heterocycles. The van der Waals surface area contributed by atoms with Crippen molar-refractivity contribution in [1.82, 2.24) is 10.2 Å². The summed E-state index contributed by atoms with van der Waals surface area (Å²) in [6.45, 7) is 5.09. The fourth-order valence-corrected chi connectivity index (χ4v) is 2.95. The van der Waals surface area contributed by atoms with Crippen molar-refractivity contribution < 1.29 is 5.11 Å². The Bertz CT molecular complexity index is 439. The summed E-state index contributed by atoms with van der Waals surface area (Å²) < 4.78 is 0. The van der Waals surface area contributed by atoms with Crippen molar-refractivity contribution >= 4 is 17.4 Å². The van der Waals surface area contributed by atoms with Crippen molar-refractivity contribution in [1.29, 1.82) is 0 Å². The van der Waals surface area contributed by atoms with Gasteiger partial charge in [-0.15, -0.1) is 10.2 Å². The number of hydrogen-bond acceptors (Lipinski definition) is 4.